The molecule has 4 unspecified atom stereocenters. The fourth-order valence-corrected chi connectivity index (χ4v) is 4.01. The quantitative estimate of drug-likeness (QED) is 0.446. The lowest BCUT2D eigenvalue weighted by molar-refractivity contribution is 0.192. The SMILES string of the molecule is CC1CCCC(C=CCOCC=CC2CCCC(C)C2)C1. The molecule has 2 fully saturated rings. The van der Waals surface area contributed by atoms with Crippen LogP contribution in [0.4, 0.5) is 0 Å². The Hall–Kier alpha value is -0.560. The average molecular weight is 290 g/mol. The second-order valence-corrected chi connectivity index (χ2v) is 7.46. The largest absolute Gasteiger partial charge is 0.373 e. The Labute approximate surface area is 131 Å². The van der Waals surface area contributed by atoms with Gasteiger partial charge in [-0.2, -0.15) is 0 Å². The Balaban J connectivity index is 1.53. The third-order valence-corrected chi connectivity index (χ3v) is 5.20. The van der Waals surface area contributed by atoms with Crippen LogP contribution in [-0.4, -0.2) is 13.2 Å². The second kappa shape index (κ2) is 9.46. The Kier molecular flexibility index (Phi) is 7.57. The van der Waals surface area contributed by atoms with E-state index in [1.807, 2.05) is 0 Å². The number of hydrogen-bond acceptors (Lipinski definition) is 1. The molecule has 0 radical (unpaired) electrons. The molecule has 2 aliphatic carbocycles. The smallest absolute Gasteiger partial charge is 0.0651 e. The minimum Gasteiger partial charge on any atom is -0.373 e. The van der Waals surface area contributed by atoms with Crippen LogP contribution in [0.25, 0.3) is 0 Å². The number of allylic oxidation sites excluding steroid dienone is 2. The van der Waals surface area contributed by atoms with Crippen molar-refractivity contribution in [3.8, 4) is 0 Å². The van der Waals surface area contributed by atoms with Crippen LogP contribution >= 0.6 is 0 Å². The van der Waals surface area contributed by atoms with Gasteiger partial charge in [0, 0.05) is 0 Å². The molecule has 4 atom stereocenters. The zero-order valence-electron chi connectivity index (χ0n) is 14.1. The van der Waals surface area contributed by atoms with Gasteiger partial charge in [-0.05, 0) is 49.4 Å². The minimum absolute atomic E-state index is 0.774. The highest BCUT2D eigenvalue weighted by Gasteiger charge is 2.16. The van der Waals surface area contributed by atoms with Crippen molar-refractivity contribution in [2.75, 3.05) is 13.2 Å². The predicted octanol–water partition coefficient (Wildman–Crippen LogP) is 5.77. The summed E-state index contributed by atoms with van der Waals surface area (Å²) < 4.78 is 5.70. The summed E-state index contributed by atoms with van der Waals surface area (Å²) in [6.45, 7) is 6.31. The van der Waals surface area contributed by atoms with Crippen LogP contribution in [0.2, 0.25) is 0 Å². The number of rotatable bonds is 6. The van der Waals surface area contributed by atoms with Gasteiger partial charge in [0.15, 0.2) is 0 Å². The van der Waals surface area contributed by atoms with Crippen LogP contribution in [0.15, 0.2) is 24.3 Å². The summed E-state index contributed by atoms with van der Waals surface area (Å²) in [5, 5.41) is 0. The van der Waals surface area contributed by atoms with Crippen LogP contribution in [0.1, 0.15) is 65.2 Å². The third-order valence-electron chi connectivity index (χ3n) is 5.20. The summed E-state index contributed by atoms with van der Waals surface area (Å²) in [6.07, 6.45) is 20.4. The zero-order valence-corrected chi connectivity index (χ0v) is 14.1. The molecule has 0 bridgehead atoms. The van der Waals surface area contributed by atoms with Gasteiger partial charge in [-0.25, -0.2) is 0 Å². The predicted molar refractivity (Wildman–Crippen MR) is 91.3 cm³/mol. The van der Waals surface area contributed by atoms with Crippen LogP contribution in [-0.2, 0) is 4.74 Å². The molecule has 120 valence electrons. The van der Waals surface area contributed by atoms with E-state index in [2.05, 4.69) is 38.2 Å². The van der Waals surface area contributed by atoms with Gasteiger partial charge in [-0.15, -0.1) is 0 Å². The zero-order chi connectivity index (χ0) is 14.9. The molecule has 2 rings (SSSR count). The second-order valence-electron chi connectivity index (χ2n) is 7.46. The summed E-state index contributed by atoms with van der Waals surface area (Å²) >= 11 is 0. The van der Waals surface area contributed by atoms with Crippen LogP contribution < -0.4 is 0 Å². The van der Waals surface area contributed by atoms with E-state index in [1.165, 1.54) is 51.4 Å². The van der Waals surface area contributed by atoms with Crippen LogP contribution in [0, 0.1) is 23.7 Å². The van der Waals surface area contributed by atoms with Crippen molar-refractivity contribution >= 4 is 0 Å². The molecule has 2 aliphatic rings. The molecule has 0 saturated heterocycles. The Morgan fingerprint density at radius 3 is 1.67 bits per heavy atom. The summed E-state index contributed by atoms with van der Waals surface area (Å²) in [6, 6.07) is 0. The summed E-state index contributed by atoms with van der Waals surface area (Å²) in [4.78, 5) is 0. The van der Waals surface area contributed by atoms with E-state index in [-0.39, 0.29) is 0 Å². The van der Waals surface area contributed by atoms with Gasteiger partial charge in [0.25, 0.3) is 0 Å². The summed E-state index contributed by atoms with van der Waals surface area (Å²) in [7, 11) is 0. The van der Waals surface area contributed by atoms with Gasteiger partial charge in [-0.1, -0.05) is 63.8 Å². The summed E-state index contributed by atoms with van der Waals surface area (Å²) in [5.74, 6) is 3.43. The van der Waals surface area contributed by atoms with E-state index >= 15 is 0 Å². The first kappa shape index (κ1) is 16.8. The minimum atomic E-state index is 0.774. The molecule has 1 heteroatoms. The molecule has 1 nitrogen and oxygen atoms in total. The molecule has 0 N–H and O–H groups in total. The molecule has 0 aromatic rings. The fraction of sp³-hybridized carbons (Fsp3) is 0.800. The van der Waals surface area contributed by atoms with E-state index in [0.29, 0.717) is 0 Å². The number of hydrogen-bond donors (Lipinski definition) is 0. The van der Waals surface area contributed by atoms with Gasteiger partial charge in [0.2, 0.25) is 0 Å². The molecule has 21 heavy (non-hydrogen) atoms. The Bertz CT molecular complexity index is 299. The molecule has 0 spiro atoms. The Morgan fingerprint density at radius 1 is 0.762 bits per heavy atom. The van der Waals surface area contributed by atoms with Gasteiger partial charge >= 0.3 is 0 Å². The maximum absolute atomic E-state index is 5.70. The highest BCUT2D eigenvalue weighted by atomic mass is 16.5. The summed E-state index contributed by atoms with van der Waals surface area (Å²) in [5.41, 5.74) is 0. The Morgan fingerprint density at radius 2 is 1.24 bits per heavy atom. The standard InChI is InChI=1S/C20H34O/c1-17-7-3-9-19(15-17)11-5-13-21-14-6-12-20-10-4-8-18(2)16-20/h5-6,11-12,17-20H,3-4,7-10,13-16H2,1-2H3. The fourth-order valence-electron chi connectivity index (χ4n) is 4.01. The van der Waals surface area contributed by atoms with Crippen LogP contribution in [0.3, 0.4) is 0 Å². The first-order valence-corrected chi connectivity index (χ1v) is 9.15. The van der Waals surface area contributed by atoms with E-state index in [9.17, 15) is 0 Å². The van der Waals surface area contributed by atoms with Gasteiger partial charge in [0.1, 0.15) is 0 Å². The maximum Gasteiger partial charge on any atom is 0.0651 e. The van der Waals surface area contributed by atoms with Gasteiger partial charge < -0.3 is 4.74 Å². The van der Waals surface area contributed by atoms with Crippen molar-refractivity contribution < 1.29 is 4.74 Å². The number of ether oxygens (including phenoxy) is 1. The van der Waals surface area contributed by atoms with Crippen molar-refractivity contribution in [2.24, 2.45) is 23.7 Å². The average Bonchev–Trinajstić information content (AvgIpc) is 2.46. The lowest BCUT2D eigenvalue weighted by Crippen LogP contribution is -2.11. The van der Waals surface area contributed by atoms with Crippen molar-refractivity contribution in [3.05, 3.63) is 24.3 Å². The molecule has 0 heterocycles. The van der Waals surface area contributed by atoms with E-state index in [1.54, 1.807) is 0 Å². The van der Waals surface area contributed by atoms with E-state index < -0.39 is 0 Å². The maximum atomic E-state index is 5.70. The lowest BCUT2D eigenvalue weighted by atomic mass is 9.82. The molecule has 0 aromatic carbocycles. The van der Waals surface area contributed by atoms with Gasteiger partial charge in [-0.3, -0.25) is 0 Å². The molecule has 0 aliphatic heterocycles. The normalized spacial score (nSPS) is 34.8. The van der Waals surface area contributed by atoms with Crippen molar-refractivity contribution in [1.29, 1.82) is 0 Å². The third kappa shape index (κ3) is 6.82. The highest BCUT2D eigenvalue weighted by Crippen LogP contribution is 2.30. The van der Waals surface area contributed by atoms with Crippen molar-refractivity contribution in [1.82, 2.24) is 0 Å². The van der Waals surface area contributed by atoms with Crippen molar-refractivity contribution in [3.63, 3.8) is 0 Å². The monoisotopic (exact) mass is 290 g/mol. The molecule has 0 amide bonds. The molecular formula is C20H34O. The lowest BCUT2D eigenvalue weighted by Gasteiger charge is -2.24. The first-order chi connectivity index (χ1) is 10.2. The van der Waals surface area contributed by atoms with E-state index in [0.717, 1.165) is 36.9 Å². The molecule has 0 aromatic heterocycles. The highest BCUT2D eigenvalue weighted by molar-refractivity contribution is 4.93. The molecule has 2 saturated carbocycles. The van der Waals surface area contributed by atoms with Gasteiger partial charge in [0.05, 0.1) is 13.2 Å². The first-order valence-electron chi connectivity index (χ1n) is 9.15. The van der Waals surface area contributed by atoms with Crippen molar-refractivity contribution in [2.45, 2.75) is 65.2 Å². The van der Waals surface area contributed by atoms with Crippen LogP contribution in [0.5, 0.6) is 0 Å². The molecular weight excluding hydrogens is 256 g/mol. The van der Waals surface area contributed by atoms with E-state index in [4.69, 9.17) is 4.74 Å². The topological polar surface area (TPSA) is 9.23 Å².